The monoisotopic (exact) mass is 367 g/mol. The van der Waals surface area contributed by atoms with E-state index in [0.717, 1.165) is 12.1 Å². The van der Waals surface area contributed by atoms with E-state index in [-0.39, 0.29) is 24.7 Å². The predicted octanol–water partition coefficient (Wildman–Crippen LogP) is 0.668. The summed E-state index contributed by atoms with van der Waals surface area (Å²) in [5.74, 6) is 0.390. The first-order chi connectivity index (χ1) is 12.1. The van der Waals surface area contributed by atoms with Crippen LogP contribution in [0.1, 0.15) is 27.7 Å². The van der Waals surface area contributed by atoms with Crippen LogP contribution in [0.3, 0.4) is 0 Å². The van der Waals surface area contributed by atoms with E-state index in [1.165, 1.54) is 9.13 Å². The van der Waals surface area contributed by atoms with E-state index < -0.39 is 11.8 Å². The van der Waals surface area contributed by atoms with Crippen molar-refractivity contribution in [1.29, 1.82) is 0 Å². The minimum absolute atomic E-state index is 0.00133. The van der Waals surface area contributed by atoms with Crippen LogP contribution in [0, 0.1) is 0 Å². The third-order valence-electron chi connectivity index (χ3n) is 4.04. The van der Waals surface area contributed by atoms with E-state index in [4.69, 9.17) is 0 Å². The highest BCUT2D eigenvalue weighted by Crippen LogP contribution is 2.16. The molecule has 1 rings (SSSR count). The molecule has 0 amide bonds. The van der Waals surface area contributed by atoms with Crippen molar-refractivity contribution in [2.75, 3.05) is 37.8 Å². The Morgan fingerprint density at radius 3 is 2.42 bits per heavy atom. The zero-order valence-electron chi connectivity index (χ0n) is 17.0. The summed E-state index contributed by atoms with van der Waals surface area (Å²) < 4.78 is 2.64. The lowest BCUT2D eigenvalue weighted by atomic mass is 10.2. The van der Waals surface area contributed by atoms with Gasteiger partial charge in [-0.05, 0) is 41.8 Å². The Morgan fingerprint density at radius 2 is 1.92 bits per heavy atom. The van der Waals surface area contributed by atoms with E-state index in [9.17, 15) is 14.7 Å². The predicted molar refractivity (Wildman–Crippen MR) is 107 cm³/mol. The molecule has 1 aromatic heterocycles. The van der Waals surface area contributed by atoms with Gasteiger partial charge in [0, 0.05) is 26.2 Å². The SMILES string of the molecule is C/C=C(/C)Cn1c(=O)c(NC(C)CN(C)C)c(NCC(C)O)n(C)c1=O. The van der Waals surface area contributed by atoms with Crippen LogP contribution < -0.4 is 21.9 Å². The lowest BCUT2D eigenvalue weighted by Gasteiger charge is -2.23. The second-order valence-electron chi connectivity index (χ2n) is 7.13. The quantitative estimate of drug-likeness (QED) is 0.556. The van der Waals surface area contributed by atoms with Gasteiger partial charge in [0.25, 0.3) is 5.56 Å². The van der Waals surface area contributed by atoms with Gasteiger partial charge in [0.15, 0.2) is 0 Å². The van der Waals surface area contributed by atoms with Crippen molar-refractivity contribution in [2.24, 2.45) is 7.05 Å². The molecule has 1 heterocycles. The van der Waals surface area contributed by atoms with Crippen molar-refractivity contribution >= 4 is 11.5 Å². The van der Waals surface area contributed by atoms with Crippen molar-refractivity contribution in [3.8, 4) is 0 Å². The molecule has 26 heavy (non-hydrogen) atoms. The summed E-state index contributed by atoms with van der Waals surface area (Å²) in [6, 6.07) is -0.00133. The Morgan fingerprint density at radius 1 is 1.31 bits per heavy atom. The van der Waals surface area contributed by atoms with Crippen molar-refractivity contribution in [1.82, 2.24) is 14.0 Å². The molecular formula is C18H33N5O3. The van der Waals surface area contributed by atoms with Gasteiger partial charge < -0.3 is 20.6 Å². The molecule has 2 atom stereocenters. The first-order valence-corrected chi connectivity index (χ1v) is 8.87. The molecule has 2 unspecified atom stereocenters. The van der Waals surface area contributed by atoms with Gasteiger partial charge >= 0.3 is 5.69 Å². The fourth-order valence-corrected chi connectivity index (χ4v) is 2.67. The second-order valence-corrected chi connectivity index (χ2v) is 7.13. The molecule has 0 spiro atoms. The van der Waals surface area contributed by atoms with Gasteiger partial charge in [-0.2, -0.15) is 0 Å². The highest BCUT2D eigenvalue weighted by Gasteiger charge is 2.19. The van der Waals surface area contributed by atoms with Crippen LogP contribution in [0.15, 0.2) is 21.2 Å². The van der Waals surface area contributed by atoms with Crippen molar-refractivity contribution in [3.05, 3.63) is 32.5 Å². The van der Waals surface area contributed by atoms with Gasteiger partial charge in [0.05, 0.1) is 12.6 Å². The summed E-state index contributed by atoms with van der Waals surface area (Å²) in [6.07, 6.45) is 1.28. The average molecular weight is 367 g/mol. The Balaban J connectivity index is 3.47. The second kappa shape index (κ2) is 9.59. The van der Waals surface area contributed by atoms with E-state index in [0.29, 0.717) is 11.5 Å². The van der Waals surface area contributed by atoms with Gasteiger partial charge in [-0.15, -0.1) is 0 Å². The number of likely N-dealkylation sites (N-methyl/N-ethyl adjacent to an activating group) is 1. The number of allylic oxidation sites excluding steroid dienone is 2. The zero-order chi connectivity index (χ0) is 20.0. The summed E-state index contributed by atoms with van der Waals surface area (Å²) in [5.41, 5.74) is 0.510. The molecule has 3 N–H and O–H groups in total. The summed E-state index contributed by atoms with van der Waals surface area (Å²) in [6.45, 7) is 8.59. The Kier molecular flexibility index (Phi) is 8.10. The maximum atomic E-state index is 13.0. The molecule has 1 aromatic rings. The van der Waals surface area contributed by atoms with Crippen molar-refractivity contribution in [2.45, 2.75) is 46.4 Å². The number of nitrogens with one attached hydrogen (secondary N) is 2. The van der Waals surface area contributed by atoms with Crippen LogP contribution in [0.4, 0.5) is 11.5 Å². The zero-order valence-corrected chi connectivity index (χ0v) is 17.0. The maximum absolute atomic E-state index is 13.0. The molecule has 0 fully saturated rings. The lowest BCUT2D eigenvalue weighted by Crippen LogP contribution is -2.43. The number of hydrogen-bond acceptors (Lipinski definition) is 6. The standard InChI is InChI=1S/C18H33N5O3/c1-8-12(2)10-23-17(25)15(20-13(3)11-21(5)6)16(19-9-14(4)24)22(7)18(23)26/h8,13-14,19-20,24H,9-11H2,1-7H3/b12-8-. The smallest absolute Gasteiger partial charge is 0.332 e. The van der Waals surface area contributed by atoms with Gasteiger partial charge in [-0.3, -0.25) is 13.9 Å². The third kappa shape index (κ3) is 5.74. The lowest BCUT2D eigenvalue weighted by molar-refractivity contribution is 0.208. The topological polar surface area (TPSA) is 91.5 Å². The van der Waals surface area contributed by atoms with Crippen LogP contribution in [-0.4, -0.2) is 58.5 Å². The molecule has 148 valence electrons. The van der Waals surface area contributed by atoms with Crippen LogP contribution in [0.25, 0.3) is 0 Å². The molecule has 0 aromatic carbocycles. The first kappa shape index (κ1) is 22.0. The van der Waals surface area contributed by atoms with Crippen molar-refractivity contribution < 1.29 is 5.11 Å². The Bertz CT molecular complexity index is 746. The molecule has 0 aliphatic rings. The van der Waals surface area contributed by atoms with E-state index in [1.807, 2.05) is 45.8 Å². The molecule has 0 saturated heterocycles. The minimum atomic E-state index is -0.607. The number of hydrogen-bond donors (Lipinski definition) is 3. The fourth-order valence-electron chi connectivity index (χ4n) is 2.67. The first-order valence-electron chi connectivity index (χ1n) is 8.87. The number of nitrogens with zero attached hydrogens (tertiary/aromatic N) is 3. The van der Waals surface area contributed by atoms with Crippen LogP contribution in [-0.2, 0) is 13.6 Å². The Hall–Kier alpha value is -2.06. The van der Waals surface area contributed by atoms with E-state index >= 15 is 0 Å². The molecule has 8 nitrogen and oxygen atoms in total. The van der Waals surface area contributed by atoms with Crippen LogP contribution in [0.2, 0.25) is 0 Å². The highest BCUT2D eigenvalue weighted by atomic mass is 16.3. The van der Waals surface area contributed by atoms with E-state index in [2.05, 4.69) is 10.6 Å². The van der Waals surface area contributed by atoms with Crippen LogP contribution >= 0.6 is 0 Å². The molecular weight excluding hydrogens is 334 g/mol. The summed E-state index contributed by atoms with van der Waals surface area (Å²) >= 11 is 0. The summed E-state index contributed by atoms with van der Waals surface area (Å²) in [5, 5.41) is 15.8. The van der Waals surface area contributed by atoms with E-state index in [1.54, 1.807) is 14.0 Å². The largest absolute Gasteiger partial charge is 0.392 e. The molecule has 0 aliphatic heterocycles. The van der Waals surface area contributed by atoms with Gasteiger partial charge in [0.1, 0.15) is 11.5 Å². The fraction of sp³-hybridized carbons (Fsp3) is 0.667. The van der Waals surface area contributed by atoms with Gasteiger partial charge in [-0.1, -0.05) is 11.6 Å². The molecule has 0 bridgehead atoms. The number of aliphatic hydroxyl groups is 1. The van der Waals surface area contributed by atoms with Gasteiger partial charge in [0.2, 0.25) is 0 Å². The average Bonchev–Trinajstić information content (AvgIpc) is 2.54. The van der Waals surface area contributed by atoms with Crippen molar-refractivity contribution in [3.63, 3.8) is 0 Å². The molecule has 0 saturated carbocycles. The number of aliphatic hydroxyl groups excluding tert-OH is 1. The number of rotatable bonds is 9. The number of aromatic nitrogens is 2. The van der Waals surface area contributed by atoms with Crippen LogP contribution in [0.5, 0.6) is 0 Å². The minimum Gasteiger partial charge on any atom is -0.392 e. The molecule has 8 heteroatoms. The number of anilines is 2. The Labute approximate surface area is 155 Å². The maximum Gasteiger partial charge on any atom is 0.332 e. The highest BCUT2D eigenvalue weighted by molar-refractivity contribution is 5.64. The molecule has 0 radical (unpaired) electrons. The summed E-state index contributed by atoms with van der Waals surface area (Å²) in [4.78, 5) is 27.7. The normalized spacial score (nSPS) is 14.4. The third-order valence-corrected chi connectivity index (χ3v) is 4.04. The summed E-state index contributed by atoms with van der Waals surface area (Å²) in [7, 11) is 5.54. The molecule has 0 aliphatic carbocycles. The van der Waals surface area contributed by atoms with Gasteiger partial charge in [-0.25, -0.2) is 4.79 Å².